The maximum atomic E-state index is 2.72. The second-order valence-corrected chi connectivity index (χ2v) is 4.38. The lowest BCUT2D eigenvalue weighted by Gasteiger charge is -2.27. The Morgan fingerprint density at radius 2 is 1.62 bits per heavy atom. The normalized spacial score (nSPS) is 34.0. The number of hydrogen-bond donors (Lipinski definition) is 0. The van der Waals surface area contributed by atoms with Crippen molar-refractivity contribution >= 4 is 0 Å². The predicted molar refractivity (Wildman–Crippen MR) is 56.8 cm³/mol. The van der Waals surface area contributed by atoms with Crippen LogP contribution in [-0.2, 0) is 0 Å². The molecule has 0 bridgehead atoms. The van der Waals surface area contributed by atoms with Crippen LogP contribution in [0.4, 0.5) is 0 Å². The molecule has 1 aliphatic carbocycles. The first-order valence-corrected chi connectivity index (χ1v) is 5.86. The van der Waals surface area contributed by atoms with Crippen LogP contribution in [0, 0.1) is 0 Å². The molecule has 1 nitrogen and oxygen atoms in total. The largest absolute Gasteiger partial charge is 0.300 e. The molecule has 1 heteroatoms. The first-order chi connectivity index (χ1) is 6.47. The summed E-state index contributed by atoms with van der Waals surface area (Å²) in [6.45, 7) is 2.74. The molecule has 0 saturated carbocycles. The van der Waals surface area contributed by atoms with E-state index in [-0.39, 0.29) is 0 Å². The second kappa shape index (κ2) is 4.80. The molecule has 1 saturated heterocycles. The van der Waals surface area contributed by atoms with Gasteiger partial charge in [-0.3, -0.25) is 0 Å². The van der Waals surface area contributed by atoms with Gasteiger partial charge < -0.3 is 4.90 Å². The van der Waals surface area contributed by atoms with Crippen molar-refractivity contribution in [1.82, 2.24) is 4.90 Å². The molecule has 1 aliphatic heterocycles. The fourth-order valence-corrected chi connectivity index (χ4v) is 2.61. The minimum Gasteiger partial charge on any atom is -0.300 e. The van der Waals surface area contributed by atoms with Gasteiger partial charge in [0.25, 0.3) is 0 Å². The van der Waals surface area contributed by atoms with Gasteiger partial charge in [0, 0.05) is 6.04 Å². The molecule has 2 aliphatic rings. The summed E-state index contributed by atoms with van der Waals surface area (Å²) >= 11 is 0. The van der Waals surface area contributed by atoms with Crippen molar-refractivity contribution in [3.05, 3.63) is 12.2 Å². The van der Waals surface area contributed by atoms with E-state index in [9.17, 15) is 0 Å². The van der Waals surface area contributed by atoms with Crippen molar-refractivity contribution in [1.29, 1.82) is 0 Å². The van der Waals surface area contributed by atoms with E-state index in [0.717, 1.165) is 6.04 Å². The monoisotopic (exact) mass is 179 g/mol. The van der Waals surface area contributed by atoms with Crippen LogP contribution in [0.1, 0.15) is 44.9 Å². The van der Waals surface area contributed by atoms with E-state index in [4.69, 9.17) is 0 Å². The first kappa shape index (κ1) is 9.26. The third-order valence-electron chi connectivity index (χ3n) is 3.40. The van der Waals surface area contributed by atoms with Crippen molar-refractivity contribution in [2.75, 3.05) is 13.1 Å². The Morgan fingerprint density at radius 1 is 0.846 bits per heavy atom. The van der Waals surface area contributed by atoms with Gasteiger partial charge in [0.1, 0.15) is 0 Å². The van der Waals surface area contributed by atoms with E-state index in [1.165, 1.54) is 58.0 Å². The second-order valence-electron chi connectivity index (χ2n) is 4.38. The Labute approximate surface area is 81.8 Å². The van der Waals surface area contributed by atoms with Crippen LogP contribution in [0.25, 0.3) is 0 Å². The minimum absolute atomic E-state index is 0.910. The zero-order valence-electron chi connectivity index (χ0n) is 8.54. The molecule has 2 rings (SSSR count). The molecule has 0 spiro atoms. The van der Waals surface area contributed by atoms with E-state index >= 15 is 0 Å². The van der Waals surface area contributed by atoms with E-state index in [0.29, 0.717) is 0 Å². The molecule has 1 heterocycles. The Kier molecular flexibility index (Phi) is 3.42. The minimum atomic E-state index is 0.910. The molecule has 1 atom stereocenters. The lowest BCUT2D eigenvalue weighted by molar-refractivity contribution is 0.215. The summed E-state index contributed by atoms with van der Waals surface area (Å²) in [4.78, 5) is 2.72. The Morgan fingerprint density at radius 3 is 2.46 bits per heavy atom. The average Bonchev–Trinajstić information content (AvgIpc) is 2.55. The van der Waals surface area contributed by atoms with Gasteiger partial charge in [-0.2, -0.15) is 0 Å². The van der Waals surface area contributed by atoms with Crippen molar-refractivity contribution in [2.24, 2.45) is 0 Å². The smallest absolute Gasteiger partial charge is 0.00983 e. The highest BCUT2D eigenvalue weighted by Crippen LogP contribution is 2.21. The highest BCUT2D eigenvalue weighted by Gasteiger charge is 2.20. The van der Waals surface area contributed by atoms with Crippen molar-refractivity contribution in [2.45, 2.75) is 51.0 Å². The zero-order valence-corrected chi connectivity index (χ0v) is 8.54. The van der Waals surface area contributed by atoms with E-state index in [2.05, 4.69) is 17.1 Å². The van der Waals surface area contributed by atoms with Crippen LogP contribution in [0.2, 0.25) is 0 Å². The van der Waals surface area contributed by atoms with Gasteiger partial charge in [-0.25, -0.2) is 0 Å². The average molecular weight is 179 g/mol. The first-order valence-electron chi connectivity index (χ1n) is 5.86. The summed E-state index contributed by atoms with van der Waals surface area (Å²) < 4.78 is 0. The Balaban J connectivity index is 1.85. The van der Waals surface area contributed by atoms with Gasteiger partial charge in [0.15, 0.2) is 0 Å². The van der Waals surface area contributed by atoms with Crippen LogP contribution in [-0.4, -0.2) is 24.0 Å². The van der Waals surface area contributed by atoms with Crippen LogP contribution in [0.3, 0.4) is 0 Å². The van der Waals surface area contributed by atoms with Gasteiger partial charge >= 0.3 is 0 Å². The molecule has 0 N–H and O–H groups in total. The zero-order chi connectivity index (χ0) is 8.93. The van der Waals surface area contributed by atoms with Crippen LogP contribution in [0.5, 0.6) is 0 Å². The number of nitrogens with zero attached hydrogens (tertiary/aromatic N) is 1. The maximum Gasteiger partial charge on any atom is 0.00983 e. The van der Waals surface area contributed by atoms with Crippen molar-refractivity contribution in [3.8, 4) is 0 Å². The van der Waals surface area contributed by atoms with E-state index in [1.807, 2.05) is 0 Å². The number of likely N-dealkylation sites (tertiary alicyclic amines) is 1. The lowest BCUT2D eigenvalue weighted by Crippen LogP contribution is -2.32. The standard InChI is InChI=1S/C12H21N/c1-2-4-8-12(9-5-3-1)13-10-6-7-11-13/h1-2,12H,3-11H2/b2-1+/t12-/m1/s1. The summed E-state index contributed by atoms with van der Waals surface area (Å²) in [7, 11) is 0. The summed E-state index contributed by atoms with van der Waals surface area (Å²) in [6, 6.07) is 0.910. The number of allylic oxidation sites excluding steroid dienone is 2. The predicted octanol–water partition coefficient (Wildman–Crippen LogP) is 2.97. The van der Waals surface area contributed by atoms with Gasteiger partial charge in [-0.05, 0) is 58.0 Å². The fraction of sp³-hybridized carbons (Fsp3) is 0.833. The van der Waals surface area contributed by atoms with Gasteiger partial charge in [0.05, 0.1) is 0 Å². The Hall–Kier alpha value is -0.300. The SMILES string of the molecule is C1=C/CC[C@@H](N2CCCC2)CCC/1. The molecule has 74 valence electrons. The van der Waals surface area contributed by atoms with E-state index in [1.54, 1.807) is 0 Å². The fourth-order valence-electron chi connectivity index (χ4n) is 2.61. The Bertz CT molecular complexity index is 168. The quantitative estimate of drug-likeness (QED) is 0.559. The van der Waals surface area contributed by atoms with Gasteiger partial charge in [0.2, 0.25) is 0 Å². The third kappa shape index (κ3) is 2.57. The van der Waals surface area contributed by atoms with Crippen LogP contribution in [0.15, 0.2) is 12.2 Å². The molecule has 0 aromatic heterocycles. The molecule has 0 amide bonds. The van der Waals surface area contributed by atoms with Gasteiger partial charge in [-0.15, -0.1) is 0 Å². The molecule has 1 fully saturated rings. The molecule has 0 aromatic carbocycles. The lowest BCUT2D eigenvalue weighted by atomic mass is 10.00. The van der Waals surface area contributed by atoms with Crippen LogP contribution >= 0.6 is 0 Å². The van der Waals surface area contributed by atoms with Crippen LogP contribution < -0.4 is 0 Å². The molecule has 0 aromatic rings. The highest BCUT2D eigenvalue weighted by atomic mass is 15.2. The summed E-state index contributed by atoms with van der Waals surface area (Å²) in [5.41, 5.74) is 0. The van der Waals surface area contributed by atoms with E-state index < -0.39 is 0 Å². The number of hydrogen-bond acceptors (Lipinski definition) is 1. The van der Waals surface area contributed by atoms with Crippen molar-refractivity contribution in [3.63, 3.8) is 0 Å². The van der Waals surface area contributed by atoms with Crippen molar-refractivity contribution < 1.29 is 0 Å². The molecule has 0 radical (unpaired) electrons. The third-order valence-corrected chi connectivity index (χ3v) is 3.40. The topological polar surface area (TPSA) is 3.24 Å². The number of rotatable bonds is 1. The summed E-state index contributed by atoms with van der Waals surface area (Å²) in [5.74, 6) is 0. The molecule has 0 unspecified atom stereocenters. The maximum absolute atomic E-state index is 2.72. The molecular weight excluding hydrogens is 158 g/mol. The van der Waals surface area contributed by atoms with Gasteiger partial charge in [-0.1, -0.05) is 12.2 Å². The molecular formula is C12H21N. The molecule has 13 heavy (non-hydrogen) atoms. The highest BCUT2D eigenvalue weighted by molar-refractivity contribution is 4.88. The summed E-state index contributed by atoms with van der Waals surface area (Å²) in [5, 5.41) is 0. The summed E-state index contributed by atoms with van der Waals surface area (Å²) in [6.07, 6.45) is 14.5.